The Bertz CT molecular complexity index is 1540. The number of nitrogens with zero attached hydrogens (tertiary/aromatic N) is 2. The first kappa shape index (κ1) is 25.1. The number of benzene rings is 2. The molecule has 0 unspecified atom stereocenters. The topological polar surface area (TPSA) is 114 Å². The van der Waals surface area contributed by atoms with Crippen LogP contribution in [0.3, 0.4) is 0 Å². The molecule has 2 amide bonds. The maximum atomic E-state index is 14.7. The van der Waals surface area contributed by atoms with Crippen LogP contribution >= 0.6 is 11.6 Å². The highest BCUT2D eigenvalue weighted by Gasteiger charge is 2.18. The molecule has 8 nitrogen and oxygen atoms in total. The van der Waals surface area contributed by atoms with Gasteiger partial charge in [0.15, 0.2) is 0 Å². The fourth-order valence-corrected chi connectivity index (χ4v) is 4.11. The quantitative estimate of drug-likeness (QED) is 0.285. The fourth-order valence-electron chi connectivity index (χ4n) is 3.86. The van der Waals surface area contributed by atoms with Crippen LogP contribution in [0.4, 0.5) is 30.8 Å². The normalized spacial score (nSPS) is 10.9. The molecule has 2 aromatic heterocycles. The van der Waals surface area contributed by atoms with Crippen molar-refractivity contribution < 1.29 is 13.6 Å². The van der Waals surface area contributed by atoms with E-state index in [1.807, 2.05) is 6.92 Å². The van der Waals surface area contributed by atoms with Gasteiger partial charge < -0.3 is 26.3 Å². The molecule has 186 valence electrons. The van der Waals surface area contributed by atoms with E-state index in [2.05, 4.69) is 20.9 Å². The number of carbonyl (C=O) groups is 1. The number of urea groups is 1. The SMILES string of the molecule is CCn1c(=O)c(-c2cc(NC(=O)Nc3ccc(F)c(CN)c3)c(F)cc2Cl)cc2cnc(NC)cc21. The standard InChI is InChI=1S/C25H23ClF2N6O2/c1-3-34-22-10-23(30-2)31-12-14(22)7-17(24(34)35)16-8-21(20(28)9-18(16)26)33-25(36)32-15-4-5-19(27)13(6-15)11-29/h4-10,12H,3,11,29H2,1-2H3,(H,30,31)(H2,32,33,36). The summed E-state index contributed by atoms with van der Waals surface area (Å²) in [6.07, 6.45) is 1.62. The van der Waals surface area contributed by atoms with Gasteiger partial charge in [0.25, 0.3) is 5.56 Å². The van der Waals surface area contributed by atoms with E-state index in [9.17, 15) is 18.4 Å². The number of nitrogens with two attached hydrogens (primary N) is 1. The zero-order valence-corrected chi connectivity index (χ0v) is 20.2. The van der Waals surface area contributed by atoms with Crippen molar-refractivity contribution in [3.8, 4) is 11.1 Å². The summed E-state index contributed by atoms with van der Waals surface area (Å²) >= 11 is 6.33. The van der Waals surface area contributed by atoms with Crippen LogP contribution in [0.2, 0.25) is 5.02 Å². The van der Waals surface area contributed by atoms with Crippen LogP contribution in [-0.2, 0) is 13.1 Å². The number of pyridine rings is 2. The molecule has 0 aliphatic rings. The first-order valence-corrected chi connectivity index (χ1v) is 11.4. The van der Waals surface area contributed by atoms with E-state index in [0.29, 0.717) is 23.3 Å². The number of amides is 2. The molecule has 4 rings (SSSR count). The van der Waals surface area contributed by atoms with Gasteiger partial charge in [-0.1, -0.05) is 11.6 Å². The number of hydrogen-bond acceptors (Lipinski definition) is 5. The number of nitrogens with one attached hydrogen (secondary N) is 3. The van der Waals surface area contributed by atoms with Crippen molar-refractivity contribution in [1.29, 1.82) is 0 Å². The summed E-state index contributed by atoms with van der Waals surface area (Å²) in [5.41, 5.74) is 6.61. The van der Waals surface area contributed by atoms with E-state index in [1.54, 1.807) is 29.9 Å². The molecule has 0 radical (unpaired) electrons. The second kappa shape index (κ2) is 10.3. The minimum Gasteiger partial charge on any atom is -0.373 e. The van der Waals surface area contributed by atoms with Gasteiger partial charge in [0.05, 0.1) is 16.2 Å². The van der Waals surface area contributed by atoms with E-state index in [4.69, 9.17) is 17.3 Å². The van der Waals surface area contributed by atoms with Gasteiger partial charge in [0.2, 0.25) is 0 Å². The van der Waals surface area contributed by atoms with E-state index >= 15 is 0 Å². The van der Waals surface area contributed by atoms with Crippen molar-refractivity contribution in [2.45, 2.75) is 20.0 Å². The molecule has 2 heterocycles. The lowest BCUT2D eigenvalue weighted by Crippen LogP contribution is -2.22. The zero-order chi connectivity index (χ0) is 26.0. The van der Waals surface area contributed by atoms with Crippen LogP contribution < -0.4 is 27.2 Å². The first-order valence-electron chi connectivity index (χ1n) is 11.0. The van der Waals surface area contributed by atoms with E-state index in [1.165, 1.54) is 24.3 Å². The second-order valence-corrected chi connectivity index (χ2v) is 8.29. The Morgan fingerprint density at radius 3 is 2.56 bits per heavy atom. The van der Waals surface area contributed by atoms with Crippen LogP contribution in [0.15, 0.2) is 53.5 Å². The second-order valence-electron chi connectivity index (χ2n) is 7.89. The Hall–Kier alpha value is -4.02. The Labute approximate surface area is 210 Å². The molecule has 0 saturated carbocycles. The molecule has 5 N–H and O–H groups in total. The summed E-state index contributed by atoms with van der Waals surface area (Å²) in [5, 5.41) is 8.55. The predicted molar refractivity (Wildman–Crippen MR) is 139 cm³/mol. The number of aryl methyl sites for hydroxylation is 1. The number of aromatic nitrogens is 2. The van der Waals surface area contributed by atoms with Gasteiger partial charge in [-0.25, -0.2) is 18.6 Å². The van der Waals surface area contributed by atoms with Crippen molar-refractivity contribution in [2.75, 3.05) is 23.0 Å². The third kappa shape index (κ3) is 4.86. The summed E-state index contributed by atoms with van der Waals surface area (Å²) in [5.74, 6) is -0.686. The van der Waals surface area contributed by atoms with Crippen molar-refractivity contribution in [2.24, 2.45) is 5.73 Å². The first-order chi connectivity index (χ1) is 17.2. The smallest absolute Gasteiger partial charge is 0.323 e. The van der Waals surface area contributed by atoms with Crippen molar-refractivity contribution in [1.82, 2.24) is 9.55 Å². The van der Waals surface area contributed by atoms with Crippen molar-refractivity contribution in [3.05, 3.63) is 81.2 Å². The maximum Gasteiger partial charge on any atom is 0.323 e. The van der Waals surface area contributed by atoms with Gasteiger partial charge in [-0.3, -0.25) is 4.79 Å². The molecule has 11 heteroatoms. The molecule has 0 saturated heterocycles. The molecule has 36 heavy (non-hydrogen) atoms. The number of carbonyl (C=O) groups excluding carboxylic acids is 1. The molecule has 0 aliphatic carbocycles. The number of hydrogen-bond donors (Lipinski definition) is 4. The lowest BCUT2D eigenvalue weighted by Gasteiger charge is -2.15. The van der Waals surface area contributed by atoms with Crippen LogP contribution in [0, 0.1) is 11.6 Å². The highest BCUT2D eigenvalue weighted by Crippen LogP contribution is 2.33. The maximum absolute atomic E-state index is 14.7. The minimum absolute atomic E-state index is 0.00323. The third-order valence-electron chi connectivity index (χ3n) is 5.67. The summed E-state index contributed by atoms with van der Waals surface area (Å²) in [6, 6.07) is 8.85. The van der Waals surface area contributed by atoms with Gasteiger partial charge >= 0.3 is 6.03 Å². The fraction of sp³-hybridized carbons (Fsp3) is 0.160. The molecule has 0 spiro atoms. The lowest BCUT2D eigenvalue weighted by molar-refractivity contribution is 0.262. The van der Waals surface area contributed by atoms with Gasteiger partial charge in [-0.2, -0.15) is 0 Å². The molecular weight excluding hydrogens is 490 g/mol. The highest BCUT2D eigenvalue weighted by molar-refractivity contribution is 6.33. The largest absolute Gasteiger partial charge is 0.373 e. The minimum atomic E-state index is -0.794. The molecule has 2 aromatic carbocycles. The van der Waals surface area contributed by atoms with E-state index < -0.39 is 17.7 Å². The summed E-state index contributed by atoms with van der Waals surface area (Å²) in [4.78, 5) is 30.2. The number of rotatable bonds is 6. The average Bonchev–Trinajstić information content (AvgIpc) is 2.86. The van der Waals surface area contributed by atoms with E-state index in [0.717, 1.165) is 6.07 Å². The monoisotopic (exact) mass is 512 g/mol. The van der Waals surface area contributed by atoms with Crippen LogP contribution in [0.1, 0.15) is 12.5 Å². The summed E-state index contributed by atoms with van der Waals surface area (Å²) in [7, 11) is 1.73. The zero-order valence-electron chi connectivity index (χ0n) is 19.5. The molecular formula is C25H23ClF2N6O2. The molecule has 0 fully saturated rings. The Kier molecular flexibility index (Phi) is 7.18. The Morgan fingerprint density at radius 1 is 1.08 bits per heavy atom. The van der Waals surface area contributed by atoms with Crippen LogP contribution in [0.5, 0.6) is 0 Å². The number of anilines is 3. The van der Waals surface area contributed by atoms with Crippen molar-refractivity contribution in [3.63, 3.8) is 0 Å². The van der Waals surface area contributed by atoms with Gasteiger partial charge in [0, 0.05) is 60.2 Å². The van der Waals surface area contributed by atoms with Gasteiger partial charge in [0.1, 0.15) is 17.5 Å². The van der Waals surface area contributed by atoms with Crippen molar-refractivity contribution >= 4 is 45.7 Å². The molecule has 0 bridgehead atoms. The Balaban J connectivity index is 1.72. The Morgan fingerprint density at radius 2 is 1.86 bits per heavy atom. The number of halogens is 3. The lowest BCUT2D eigenvalue weighted by atomic mass is 10.0. The molecule has 0 atom stereocenters. The summed E-state index contributed by atoms with van der Waals surface area (Å²) < 4.78 is 29.9. The summed E-state index contributed by atoms with van der Waals surface area (Å²) in [6.45, 7) is 2.16. The van der Waals surface area contributed by atoms with Crippen LogP contribution in [-0.4, -0.2) is 22.6 Å². The number of fused-ring (bicyclic) bond motifs is 1. The predicted octanol–water partition coefficient (Wildman–Crippen LogP) is 5.16. The molecule has 0 aliphatic heterocycles. The van der Waals surface area contributed by atoms with Gasteiger partial charge in [-0.15, -0.1) is 0 Å². The van der Waals surface area contributed by atoms with Crippen LogP contribution in [0.25, 0.3) is 22.0 Å². The highest BCUT2D eigenvalue weighted by atomic mass is 35.5. The average molecular weight is 513 g/mol. The molecule has 4 aromatic rings. The van der Waals surface area contributed by atoms with Gasteiger partial charge in [-0.05, 0) is 43.3 Å². The van der Waals surface area contributed by atoms with E-state index in [-0.39, 0.29) is 45.2 Å². The third-order valence-corrected chi connectivity index (χ3v) is 5.98.